The number of aryl methyl sites for hydroxylation is 4. The van der Waals surface area contributed by atoms with Gasteiger partial charge in [-0.05, 0) is 103 Å². The van der Waals surface area contributed by atoms with Crippen LogP contribution in [0.5, 0.6) is 23.0 Å². The van der Waals surface area contributed by atoms with Gasteiger partial charge in [-0.1, -0.05) is 13.0 Å². The highest BCUT2D eigenvalue weighted by atomic mass is 16.5. The number of hydrogen-bond donors (Lipinski definition) is 3. The van der Waals surface area contributed by atoms with Crippen molar-refractivity contribution in [2.24, 2.45) is 0 Å². The quantitative estimate of drug-likeness (QED) is 0.493. The van der Waals surface area contributed by atoms with Crippen molar-refractivity contribution in [3.63, 3.8) is 0 Å². The normalized spacial score (nSPS) is 13.2. The van der Waals surface area contributed by atoms with Crippen LogP contribution in [0.2, 0.25) is 0 Å². The first-order valence-electron chi connectivity index (χ1n) is 10.5. The van der Waals surface area contributed by atoms with E-state index in [9.17, 15) is 15.3 Å². The van der Waals surface area contributed by atoms with Crippen LogP contribution in [0.25, 0.3) is 11.1 Å². The maximum Gasteiger partial charge on any atom is 0.134 e. The third-order valence-electron chi connectivity index (χ3n) is 6.20. The molecule has 0 atom stereocenters. The summed E-state index contributed by atoms with van der Waals surface area (Å²) >= 11 is 0. The summed E-state index contributed by atoms with van der Waals surface area (Å²) in [7, 11) is 0. The summed E-state index contributed by atoms with van der Waals surface area (Å²) in [5.41, 5.74) is 8.95. The van der Waals surface area contributed by atoms with E-state index in [2.05, 4.69) is 0 Å². The molecule has 0 bridgehead atoms. The Hall–Kier alpha value is -3.40. The molecule has 1 heterocycles. The molecule has 0 fully saturated rings. The third-order valence-corrected chi connectivity index (χ3v) is 6.20. The van der Waals surface area contributed by atoms with E-state index in [1.807, 2.05) is 65.0 Å². The standard InChI is InChI=1S/C27H28O4/c1-6-18-12-21-24(19-7-8-23(28)14(2)9-19)22(13-31-27(21)17(5)26(18)30)20-10-15(3)25(29)16(4)11-20/h7-12,28-30H,6,13H2,1-5H3. The zero-order valence-electron chi connectivity index (χ0n) is 18.6. The van der Waals surface area contributed by atoms with Crippen LogP contribution >= 0.6 is 0 Å². The van der Waals surface area contributed by atoms with E-state index in [1.54, 1.807) is 6.07 Å². The van der Waals surface area contributed by atoms with Crippen molar-refractivity contribution in [1.82, 2.24) is 0 Å². The molecule has 0 aliphatic carbocycles. The number of aromatic hydroxyl groups is 3. The van der Waals surface area contributed by atoms with Gasteiger partial charge in [-0.25, -0.2) is 0 Å². The largest absolute Gasteiger partial charge is 0.508 e. The molecule has 0 spiro atoms. The highest BCUT2D eigenvalue weighted by molar-refractivity contribution is 6.02. The Bertz CT molecular complexity index is 1210. The lowest BCUT2D eigenvalue weighted by Gasteiger charge is -2.28. The topological polar surface area (TPSA) is 69.9 Å². The van der Waals surface area contributed by atoms with Crippen molar-refractivity contribution >= 4 is 11.1 Å². The SMILES string of the molecule is CCc1cc2c(c(C)c1O)OCC(c1cc(C)c(O)c(C)c1)=C2c1ccc(O)c(C)c1. The Morgan fingerprint density at radius 3 is 2.06 bits per heavy atom. The number of benzene rings is 3. The lowest BCUT2D eigenvalue weighted by atomic mass is 9.84. The lowest BCUT2D eigenvalue weighted by molar-refractivity contribution is 0.357. The van der Waals surface area contributed by atoms with Crippen LogP contribution in [0, 0.1) is 27.7 Å². The van der Waals surface area contributed by atoms with E-state index >= 15 is 0 Å². The molecule has 4 rings (SSSR count). The van der Waals surface area contributed by atoms with Crippen LogP contribution in [0.3, 0.4) is 0 Å². The molecule has 4 heteroatoms. The average Bonchev–Trinajstić information content (AvgIpc) is 2.75. The van der Waals surface area contributed by atoms with Gasteiger partial charge in [0.25, 0.3) is 0 Å². The molecule has 1 aliphatic heterocycles. The van der Waals surface area contributed by atoms with Crippen molar-refractivity contribution in [1.29, 1.82) is 0 Å². The molecule has 3 aromatic carbocycles. The Morgan fingerprint density at radius 1 is 0.806 bits per heavy atom. The van der Waals surface area contributed by atoms with Gasteiger partial charge in [-0.2, -0.15) is 0 Å². The number of phenols is 3. The minimum Gasteiger partial charge on any atom is -0.508 e. The summed E-state index contributed by atoms with van der Waals surface area (Å²) in [5, 5.41) is 31.0. The van der Waals surface area contributed by atoms with Gasteiger partial charge in [0.05, 0.1) is 0 Å². The smallest absolute Gasteiger partial charge is 0.134 e. The lowest BCUT2D eigenvalue weighted by Crippen LogP contribution is -2.14. The molecule has 4 nitrogen and oxygen atoms in total. The molecule has 3 N–H and O–H groups in total. The monoisotopic (exact) mass is 416 g/mol. The summed E-state index contributed by atoms with van der Waals surface area (Å²) < 4.78 is 6.19. The van der Waals surface area contributed by atoms with Crippen molar-refractivity contribution in [2.75, 3.05) is 6.61 Å². The average molecular weight is 417 g/mol. The Labute approximate surface area is 183 Å². The summed E-state index contributed by atoms with van der Waals surface area (Å²) in [6, 6.07) is 11.6. The van der Waals surface area contributed by atoms with Crippen LogP contribution in [-0.4, -0.2) is 21.9 Å². The minimum absolute atomic E-state index is 0.255. The summed E-state index contributed by atoms with van der Waals surface area (Å²) in [4.78, 5) is 0. The van der Waals surface area contributed by atoms with Gasteiger partial charge >= 0.3 is 0 Å². The van der Waals surface area contributed by atoms with Gasteiger partial charge in [0, 0.05) is 16.7 Å². The first-order valence-corrected chi connectivity index (χ1v) is 10.5. The maximum atomic E-state index is 10.6. The van der Waals surface area contributed by atoms with E-state index in [0.717, 1.165) is 55.7 Å². The molecule has 0 saturated heterocycles. The fourth-order valence-electron chi connectivity index (χ4n) is 4.38. The number of fused-ring (bicyclic) bond motifs is 1. The predicted octanol–water partition coefficient (Wildman–Crippen LogP) is 5.95. The fraction of sp³-hybridized carbons (Fsp3) is 0.259. The van der Waals surface area contributed by atoms with E-state index in [4.69, 9.17) is 4.74 Å². The molecule has 0 radical (unpaired) electrons. The van der Waals surface area contributed by atoms with Crippen LogP contribution in [-0.2, 0) is 6.42 Å². The van der Waals surface area contributed by atoms with Gasteiger partial charge in [0.1, 0.15) is 29.6 Å². The second-order valence-electron chi connectivity index (χ2n) is 8.34. The Kier molecular flexibility index (Phi) is 5.18. The molecule has 31 heavy (non-hydrogen) atoms. The molecule has 0 saturated carbocycles. The summed E-state index contributed by atoms with van der Waals surface area (Å²) in [6.45, 7) is 9.92. The van der Waals surface area contributed by atoms with E-state index in [0.29, 0.717) is 24.5 Å². The van der Waals surface area contributed by atoms with Crippen LogP contribution in [0.4, 0.5) is 0 Å². The highest BCUT2D eigenvalue weighted by Gasteiger charge is 2.27. The van der Waals surface area contributed by atoms with E-state index in [-0.39, 0.29) is 11.5 Å². The minimum atomic E-state index is 0.255. The number of phenolic OH excluding ortho intramolecular Hbond substituents is 3. The van der Waals surface area contributed by atoms with Crippen molar-refractivity contribution in [3.05, 3.63) is 80.9 Å². The van der Waals surface area contributed by atoms with Crippen molar-refractivity contribution in [2.45, 2.75) is 41.0 Å². The zero-order valence-corrected chi connectivity index (χ0v) is 18.6. The van der Waals surface area contributed by atoms with Gasteiger partial charge < -0.3 is 20.1 Å². The van der Waals surface area contributed by atoms with Gasteiger partial charge in [-0.3, -0.25) is 0 Å². The summed E-state index contributed by atoms with van der Waals surface area (Å²) in [6.07, 6.45) is 0.703. The van der Waals surface area contributed by atoms with E-state index < -0.39 is 0 Å². The predicted molar refractivity (Wildman–Crippen MR) is 124 cm³/mol. The first kappa shape index (κ1) is 20.9. The van der Waals surface area contributed by atoms with Crippen molar-refractivity contribution < 1.29 is 20.1 Å². The number of rotatable bonds is 3. The molecule has 0 amide bonds. The zero-order chi connectivity index (χ0) is 22.4. The Balaban J connectivity index is 2.09. The number of ether oxygens (including phenoxy) is 1. The third kappa shape index (κ3) is 3.42. The van der Waals surface area contributed by atoms with Crippen LogP contribution in [0.15, 0.2) is 36.4 Å². The Morgan fingerprint density at radius 2 is 1.45 bits per heavy atom. The molecule has 0 aromatic heterocycles. The molecule has 1 aliphatic rings. The maximum absolute atomic E-state index is 10.6. The van der Waals surface area contributed by atoms with Gasteiger partial charge in [0.2, 0.25) is 0 Å². The first-order chi connectivity index (χ1) is 14.7. The molecular formula is C27H28O4. The number of hydrogen-bond acceptors (Lipinski definition) is 4. The second-order valence-corrected chi connectivity index (χ2v) is 8.34. The van der Waals surface area contributed by atoms with Crippen LogP contribution in [0.1, 0.15) is 51.4 Å². The molecule has 3 aromatic rings. The second kappa shape index (κ2) is 7.69. The van der Waals surface area contributed by atoms with Gasteiger partial charge in [-0.15, -0.1) is 0 Å². The fourth-order valence-corrected chi connectivity index (χ4v) is 4.38. The van der Waals surface area contributed by atoms with Crippen molar-refractivity contribution in [3.8, 4) is 23.0 Å². The summed E-state index contributed by atoms with van der Waals surface area (Å²) in [5.74, 6) is 1.52. The molecule has 0 unspecified atom stereocenters. The molecular weight excluding hydrogens is 388 g/mol. The van der Waals surface area contributed by atoms with E-state index in [1.165, 1.54) is 0 Å². The molecule has 160 valence electrons. The van der Waals surface area contributed by atoms with Gasteiger partial charge in [0.15, 0.2) is 0 Å². The highest BCUT2D eigenvalue weighted by Crippen LogP contribution is 2.47. The van der Waals surface area contributed by atoms with Crippen LogP contribution < -0.4 is 4.74 Å².